The molecule has 0 radical (unpaired) electrons. The second kappa shape index (κ2) is 10.3. The van der Waals surface area contributed by atoms with E-state index in [1.165, 1.54) is 16.1 Å². The number of sulfonamides is 1. The Morgan fingerprint density at radius 3 is 2.06 bits per heavy atom. The molecule has 3 aromatic rings. The number of ether oxygens (including phenoxy) is 1. The fourth-order valence-electron chi connectivity index (χ4n) is 3.19. The van der Waals surface area contributed by atoms with Gasteiger partial charge in [0.2, 0.25) is 10.0 Å². The molecular weight excluding hydrogens is 424 g/mol. The first-order valence-electron chi connectivity index (χ1n) is 10.4. The van der Waals surface area contributed by atoms with Crippen LogP contribution in [0.2, 0.25) is 0 Å². The molecular formula is C25H28N2O4S. The van der Waals surface area contributed by atoms with Crippen molar-refractivity contribution in [2.45, 2.75) is 26.9 Å². The lowest BCUT2D eigenvalue weighted by atomic mass is 10.1. The molecule has 0 unspecified atom stereocenters. The predicted molar refractivity (Wildman–Crippen MR) is 127 cm³/mol. The fraction of sp³-hybridized carbons (Fsp3) is 0.240. The Morgan fingerprint density at radius 1 is 0.906 bits per heavy atom. The predicted octanol–water partition coefficient (Wildman–Crippen LogP) is 4.29. The van der Waals surface area contributed by atoms with Crippen LogP contribution in [-0.4, -0.2) is 27.2 Å². The Balaban J connectivity index is 1.67. The number of rotatable bonds is 9. The monoisotopic (exact) mass is 452 g/mol. The first kappa shape index (κ1) is 23.3. The third-order valence-electron chi connectivity index (χ3n) is 4.95. The minimum atomic E-state index is -3.50. The van der Waals surface area contributed by atoms with Crippen LogP contribution in [0.5, 0.6) is 5.75 Å². The number of hydrogen-bond acceptors (Lipinski definition) is 4. The summed E-state index contributed by atoms with van der Waals surface area (Å²) in [5.41, 5.74) is 4.05. The van der Waals surface area contributed by atoms with Crippen molar-refractivity contribution >= 4 is 21.6 Å². The summed E-state index contributed by atoms with van der Waals surface area (Å²) in [5, 5.41) is 2.90. The van der Waals surface area contributed by atoms with Crippen LogP contribution in [-0.2, 0) is 23.1 Å². The quantitative estimate of drug-likeness (QED) is 0.526. The van der Waals surface area contributed by atoms with Gasteiger partial charge < -0.3 is 10.1 Å². The lowest BCUT2D eigenvalue weighted by molar-refractivity contribution is 0.0951. The van der Waals surface area contributed by atoms with E-state index in [9.17, 15) is 13.2 Å². The molecule has 0 aliphatic rings. The molecule has 3 aromatic carbocycles. The van der Waals surface area contributed by atoms with Crippen molar-refractivity contribution in [3.63, 3.8) is 0 Å². The van der Waals surface area contributed by atoms with Gasteiger partial charge in [0.15, 0.2) is 0 Å². The van der Waals surface area contributed by atoms with Gasteiger partial charge in [0.05, 0.1) is 25.1 Å². The summed E-state index contributed by atoms with van der Waals surface area (Å²) in [6.45, 7) is 5.06. The zero-order valence-electron chi connectivity index (χ0n) is 18.5. The average Bonchev–Trinajstić information content (AvgIpc) is 2.77. The van der Waals surface area contributed by atoms with E-state index >= 15 is 0 Å². The molecule has 0 heterocycles. The maximum Gasteiger partial charge on any atom is 0.251 e. The molecule has 0 atom stereocenters. The minimum absolute atomic E-state index is 0.165. The molecule has 0 saturated carbocycles. The Morgan fingerprint density at radius 2 is 1.50 bits per heavy atom. The number of amides is 1. The maximum absolute atomic E-state index is 12.5. The van der Waals surface area contributed by atoms with Crippen molar-refractivity contribution in [2.75, 3.05) is 17.2 Å². The van der Waals surface area contributed by atoms with Crippen LogP contribution in [0.1, 0.15) is 34.0 Å². The minimum Gasteiger partial charge on any atom is -0.494 e. The molecule has 3 rings (SSSR count). The highest BCUT2D eigenvalue weighted by Crippen LogP contribution is 2.24. The van der Waals surface area contributed by atoms with Gasteiger partial charge in [-0.2, -0.15) is 0 Å². The molecule has 168 valence electrons. The summed E-state index contributed by atoms with van der Waals surface area (Å²) in [6, 6.07) is 21.9. The van der Waals surface area contributed by atoms with E-state index in [1.807, 2.05) is 38.1 Å². The fourth-order valence-corrected chi connectivity index (χ4v) is 4.08. The Kier molecular flexibility index (Phi) is 7.53. The summed E-state index contributed by atoms with van der Waals surface area (Å²) in [4.78, 5) is 12.5. The number of anilines is 1. The van der Waals surface area contributed by atoms with Crippen LogP contribution in [0, 0.1) is 6.92 Å². The van der Waals surface area contributed by atoms with E-state index in [4.69, 9.17) is 4.74 Å². The van der Waals surface area contributed by atoms with Crippen LogP contribution >= 0.6 is 0 Å². The Labute approximate surface area is 189 Å². The molecule has 0 aliphatic heterocycles. The van der Waals surface area contributed by atoms with Gasteiger partial charge in [-0.15, -0.1) is 0 Å². The van der Waals surface area contributed by atoms with E-state index in [-0.39, 0.29) is 12.5 Å². The number of carbonyl (C=O) groups excluding carboxylic acids is 1. The van der Waals surface area contributed by atoms with Crippen molar-refractivity contribution in [1.29, 1.82) is 0 Å². The molecule has 6 nitrogen and oxygen atoms in total. The lowest BCUT2D eigenvalue weighted by Crippen LogP contribution is -2.29. The van der Waals surface area contributed by atoms with Crippen molar-refractivity contribution in [2.24, 2.45) is 0 Å². The number of hydrogen-bond donors (Lipinski definition) is 1. The van der Waals surface area contributed by atoms with Gasteiger partial charge in [-0.1, -0.05) is 42.0 Å². The highest BCUT2D eigenvalue weighted by Gasteiger charge is 2.18. The van der Waals surface area contributed by atoms with Gasteiger partial charge in [0.1, 0.15) is 5.75 Å². The van der Waals surface area contributed by atoms with E-state index in [0.29, 0.717) is 30.2 Å². The topological polar surface area (TPSA) is 75.7 Å². The number of aryl methyl sites for hydroxylation is 1. The highest BCUT2D eigenvalue weighted by molar-refractivity contribution is 7.92. The molecule has 0 bridgehead atoms. The number of nitrogens with zero attached hydrogens (tertiary/aromatic N) is 1. The van der Waals surface area contributed by atoms with Crippen molar-refractivity contribution in [3.05, 3.63) is 95.1 Å². The molecule has 0 fully saturated rings. The first-order chi connectivity index (χ1) is 15.3. The van der Waals surface area contributed by atoms with Crippen LogP contribution in [0.25, 0.3) is 0 Å². The lowest BCUT2D eigenvalue weighted by Gasteiger charge is -2.23. The molecule has 1 N–H and O–H groups in total. The van der Waals surface area contributed by atoms with Gasteiger partial charge in [-0.25, -0.2) is 8.42 Å². The second-order valence-electron chi connectivity index (χ2n) is 7.56. The van der Waals surface area contributed by atoms with Crippen LogP contribution in [0.15, 0.2) is 72.8 Å². The van der Waals surface area contributed by atoms with Crippen LogP contribution in [0.3, 0.4) is 0 Å². The smallest absolute Gasteiger partial charge is 0.251 e. The SMILES string of the molecule is CCOc1ccc(N(Cc2ccc(C(=O)NCc3ccc(C)cc3)cc2)S(C)(=O)=O)cc1. The van der Waals surface area contributed by atoms with Crippen LogP contribution in [0.4, 0.5) is 5.69 Å². The molecule has 0 aliphatic carbocycles. The number of carbonyl (C=O) groups is 1. The summed E-state index contributed by atoms with van der Waals surface area (Å²) in [7, 11) is -3.50. The molecule has 0 spiro atoms. The zero-order valence-corrected chi connectivity index (χ0v) is 19.4. The second-order valence-corrected chi connectivity index (χ2v) is 9.47. The van der Waals surface area contributed by atoms with Crippen LogP contribution < -0.4 is 14.4 Å². The summed E-state index contributed by atoms with van der Waals surface area (Å²) >= 11 is 0. The van der Waals surface area contributed by atoms with E-state index < -0.39 is 10.0 Å². The number of benzene rings is 3. The summed E-state index contributed by atoms with van der Waals surface area (Å²) < 4.78 is 31.5. The van der Waals surface area contributed by atoms with Gasteiger partial charge in [0.25, 0.3) is 5.91 Å². The molecule has 1 amide bonds. The van der Waals surface area contributed by atoms with Gasteiger partial charge >= 0.3 is 0 Å². The van der Waals surface area contributed by atoms with E-state index in [2.05, 4.69) is 5.32 Å². The summed E-state index contributed by atoms with van der Waals surface area (Å²) in [5.74, 6) is 0.509. The first-order valence-corrected chi connectivity index (χ1v) is 12.2. The van der Waals surface area contributed by atoms with Crippen molar-refractivity contribution < 1.29 is 17.9 Å². The standard InChI is InChI=1S/C25H28N2O4S/c1-4-31-24-15-13-23(14-16-24)27(32(3,29)30)18-21-9-11-22(12-10-21)25(28)26-17-20-7-5-19(2)6-8-20/h5-16H,4,17-18H2,1-3H3,(H,26,28). The molecule has 0 saturated heterocycles. The highest BCUT2D eigenvalue weighted by atomic mass is 32.2. The number of nitrogens with one attached hydrogen (secondary N) is 1. The van der Waals surface area contributed by atoms with Crippen molar-refractivity contribution in [3.8, 4) is 5.75 Å². The van der Waals surface area contributed by atoms with Gasteiger partial charge in [-0.05, 0) is 61.4 Å². The molecule has 7 heteroatoms. The average molecular weight is 453 g/mol. The molecule has 32 heavy (non-hydrogen) atoms. The largest absolute Gasteiger partial charge is 0.494 e. The Hall–Kier alpha value is -3.32. The van der Waals surface area contributed by atoms with Gasteiger partial charge in [-0.3, -0.25) is 9.10 Å². The van der Waals surface area contributed by atoms with E-state index in [1.54, 1.807) is 48.5 Å². The zero-order chi connectivity index (χ0) is 23.1. The third-order valence-corrected chi connectivity index (χ3v) is 6.09. The Bertz CT molecular complexity index is 1140. The van der Waals surface area contributed by atoms with Crippen molar-refractivity contribution in [1.82, 2.24) is 5.32 Å². The van der Waals surface area contributed by atoms with Gasteiger partial charge in [0, 0.05) is 12.1 Å². The van der Waals surface area contributed by atoms with E-state index in [0.717, 1.165) is 11.1 Å². The maximum atomic E-state index is 12.5. The molecule has 0 aromatic heterocycles. The summed E-state index contributed by atoms with van der Waals surface area (Å²) in [6.07, 6.45) is 1.18. The normalized spacial score (nSPS) is 11.1. The third kappa shape index (κ3) is 6.34.